The molecule has 0 atom stereocenters. The van der Waals surface area contributed by atoms with Crippen LogP contribution in [0.15, 0.2) is 4.99 Å². The number of aliphatic imine (C=N–C) groups is 1. The molecule has 0 amide bonds. The Balaban J connectivity index is 3.09. The van der Waals surface area contributed by atoms with Gasteiger partial charge in [0.05, 0.1) is 6.07 Å². The van der Waals surface area contributed by atoms with Crippen molar-refractivity contribution in [1.29, 1.82) is 5.26 Å². The first-order chi connectivity index (χ1) is 5.27. The second-order valence-corrected chi connectivity index (χ2v) is 3.01. The highest BCUT2D eigenvalue weighted by molar-refractivity contribution is 5.57. The van der Waals surface area contributed by atoms with Crippen LogP contribution < -0.4 is 0 Å². The number of hydrogen-bond acceptors (Lipinski definition) is 2. The molecule has 0 aromatic rings. The third kappa shape index (κ3) is 9.16. The molecule has 0 aliphatic heterocycles. The number of unbranched alkanes of at least 4 members (excludes halogenated alkanes) is 1. The Hall–Kier alpha value is -0.840. The van der Waals surface area contributed by atoms with E-state index in [9.17, 15) is 0 Å². The van der Waals surface area contributed by atoms with Gasteiger partial charge in [0.15, 0.2) is 0 Å². The predicted octanol–water partition coefficient (Wildman–Crippen LogP) is 2.41. The average molecular weight is 152 g/mol. The van der Waals surface area contributed by atoms with Crippen LogP contribution in [0.3, 0.4) is 0 Å². The maximum atomic E-state index is 8.15. The zero-order valence-electron chi connectivity index (χ0n) is 7.38. The van der Waals surface area contributed by atoms with Gasteiger partial charge in [0, 0.05) is 0 Å². The lowest BCUT2D eigenvalue weighted by atomic mass is 10.1. The molecular formula is C9H16N2. The van der Waals surface area contributed by atoms with Gasteiger partial charge >= 0.3 is 0 Å². The maximum Gasteiger partial charge on any atom is 0.125 e. The van der Waals surface area contributed by atoms with Crippen LogP contribution in [0.4, 0.5) is 0 Å². The first kappa shape index (κ1) is 10.2. The van der Waals surface area contributed by atoms with Crippen molar-refractivity contribution in [3.63, 3.8) is 0 Å². The number of nitrogens with zero attached hydrogens (tertiary/aromatic N) is 2. The Bertz CT molecular complexity index is 142. The Morgan fingerprint density at radius 3 is 2.82 bits per heavy atom. The fourth-order valence-corrected chi connectivity index (χ4v) is 0.814. The largest absolute Gasteiger partial charge is 0.282 e. The molecule has 0 aliphatic rings. The summed E-state index contributed by atoms with van der Waals surface area (Å²) in [7, 11) is 0. The minimum atomic E-state index is 0.307. The molecule has 0 aromatic heterocycles. The highest BCUT2D eigenvalue weighted by Crippen LogP contribution is 2.04. The van der Waals surface area contributed by atoms with Gasteiger partial charge in [0.25, 0.3) is 0 Å². The van der Waals surface area contributed by atoms with Gasteiger partial charge in [-0.3, -0.25) is 4.99 Å². The van der Waals surface area contributed by atoms with Gasteiger partial charge in [-0.05, 0) is 25.0 Å². The topological polar surface area (TPSA) is 36.1 Å². The molecule has 0 unspecified atom stereocenters. The van der Waals surface area contributed by atoms with Crippen LogP contribution >= 0.6 is 0 Å². The molecule has 0 radical (unpaired) electrons. The van der Waals surface area contributed by atoms with Crippen LogP contribution in [-0.4, -0.2) is 12.8 Å². The smallest absolute Gasteiger partial charge is 0.125 e. The van der Waals surface area contributed by atoms with E-state index in [2.05, 4.69) is 18.8 Å². The van der Waals surface area contributed by atoms with Gasteiger partial charge < -0.3 is 0 Å². The van der Waals surface area contributed by atoms with Gasteiger partial charge in [0.2, 0.25) is 0 Å². The maximum absolute atomic E-state index is 8.15. The summed E-state index contributed by atoms with van der Waals surface area (Å²) in [6.45, 7) is 4.74. The van der Waals surface area contributed by atoms with Crippen molar-refractivity contribution < 1.29 is 0 Å². The number of hydrogen-bond donors (Lipinski definition) is 0. The summed E-state index contributed by atoms with van der Waals surface area (Å²) in [5.74, 6) is 0.777. The molecule has 0 rings (SSSR count). The van der Waals surface area contributed by atoms with Crippen molar-refractivity contribution in [3.8, 4) is 6.07 Å². The SMILES string of the molecule is CC(C)CCCC=NCC#N. The van der Waals surface area contributed by atoms with Crippen molar-refractivity contribution in [2.24, 2.45) is 10.9 Å². The van der Waals surface area contributed by atoms with E-state index in [0.29, 0.717) is 6.54 Å². The monoisotopic (exact) mass is 152 g/mol. The number of rotatable bonds is 5. The summed E-state index contributed by atoms with van der Waals surface area (Å²) in [5.41, 5.74) is 0. The van der Waals surface area contributed by atoms with Crippen LogP contribution in [0.2, 0.25) is 0 Å². The van der Waals surface area contributed by atoms with Crippen LogP contribution in [-0.2, 0) is 0 Å². The van der Waals surface area contributed by atoms with E-state index in [0.717, 1.165) is 12.3 Å². The Morgan fingerprint density at radius 1 is 1.55 bits per heavy atom. The van der Waals surface area contributed by atoms with E-state index in [4.69, 9.17) is 5.26 Å². The highest BCUT2D eigenvalue weighted by Gasteiger charge is 1.90. The average Bonchev–Trinajstić information content (AvgIpc) is 1.96. The lowest BCUT2D eigenvalue weighted by Crippen LogP contribution is -1.87. The molecule has 0 bridgehead atoms. The number of nitriles is 1. The Morgan fingerprint density at radius 2 is 2.27 bits per heavy atom. The van der Waals surface area contributed by atoms with Crippen molar-refractivity contribution in [1.82, 2.24) is 0 Å². The molecule has 0 heterocycles. The van der Waals surface area contributed by atoms with E-state index in [-0.39, 0.29) is 0 Å². The molecule has 0 aromatic carbocycles. The fraction of sp³-hybridized carbons (Fsp3) is 0.778. The second-order valence-electron chi connectivity index (χ2n) is 3.01. The Kier molecular flexibility index (Phi) is 6.71. The fourth-order valence-electron chi connectivity index (χ4n) is 0.814. The Labute approximate surface area is 68.9 Å². The third-order valence-electron chi connectivity index (χ3n) is 1.41. The summed E-state index contributed by atoms with van der Waals surface area (Å²) < 4.78 is 0. The van der Waals surface area contributed by atoms with Crippen LogP contribution in [0.1, 0.15) is 33.1 Å². The zero-order valence-corrected chi connectivity index (χ0v) is 7.38. The van der Waals surface area contributed by atoms with Crippen LogP contribution in [0, 0.1) is 17.2 Å². The van der Waals surface area contributed by atoms with Crippen LogP contribution in [0.25, 0.3) is 0 Å². The second kappa shape index (κ2) is 7.27. The molecule has 0 N–H and O–H groups in total. The zero-order chi connectivity index (χ0) is 8.53. The summed E-state index contributed by atoms with van der Waals surface area (Å²) in [4.78, 5) is 3.90. The molecule has 0 spiro atoms. The van der Waals surface area contributed by atoms with Crippen molar-refractivity contribution in [2.75, 3.05) is 6.54 Å². The van der Waals surface area contributed by atoms with Gasteiger partial charge in [0.1, 0.15) is 6.54 Å². The predicted molar refractivity (Wildman–Crippen MR) is 47.7 cm³/mol. The van der Waals surface area contributed by atoms with Crippen molar-refractivity contribution in [2.45, 2.75) is 33.1 Å². The van der Waals surface area contributed by atoms with Crippen molar-refractivity contribution in [3.05, 3.63) is 0 Å². The minimum absolute atomic E-state index is 0.307. The minimum Gasteiger partial charge on any atom is -0.282 e. The standard InChI is InChI=1S/C9H16N2/c1-9(2)5-3-4-7-11-8-6-10/h7,9H,3-5,8H2,1-2H3. The van der Waals surface area contributed by atoms with Gasteiger partial charge in [-0.15, -0.1) is 0 Å². The first-order valence-electron chi connectivity index (χ1n) is 4.12. The van der Waals surface area contributed by atoms with Crippen molar-refractivity contribution >= 4 is 6.21 Å². The molecule has 62 valence electrons. The lowest BCUT2D eigenvalue weighted by molar-refractivity contribution is 0.566. The van der Waals surface area contributed by atoms with Gasteiger partial charge in [-0.1, -0.05) is 20.3 Å². The van der Waals surface area contributed by atoms with E-state index >= 15 is 0 Å². The molecule has 0 saturated carbocycles. The van der Waals surface area contributed by atoms with E-state index in [1.807, 2.05) is 12.3 Å². The van der Waals surface area contributed by atoms with Gasteiger partial charge in [-0.2, -0.15) is 5.26 Å². The highest BCUT2D eigenvalue weighted by atomic mass is 14.7. The van der Waals surface area contributed by atoms with Gasteiger partial charge in [-0.25, -0.2) is 0 Å². The summed E-state index contributed by atoms with van der Waals surface area (Å²) in [6.07, 6.45) is 5.30. The molecule has 0 saturated heterocycles. The third-order valence-corrected chi connectivity index (χ3v) is 1.41. The molecule has 11 heavy (non-hydrogen) atoms. The van der Waals surface area contributed by atoms with E-state index in [1.54, 1.807) is 0 Å². The summed E-state index contributed by atoms with van der Waals surface area (Å²) in [5, 5.41) is 8.15. The lowest BCUT2D eigenvalue weighted by Gasteiger charge is -1.99. The summed E-state index contributed by atoms with van der Waals surface area (Å²) in [6, 6.07) is 1.97. The van der Waals surface area contributed by atoms with E-state index < -0.39 is 0 Å². The summed E-state index contributed by atoms with van der Waals surface area (Å²) >= 11 is 0. The quantitative estimate of drug-likeness (QED) is 0.338. The molecular weight excluding hydrogens is 136 g/mol. The normalized spacial score (nSPS) is 10.7. The molecule has 2 heteroatoms. The first-order valence-corrected chi connectivity index (χ1v) is 4.12. The molecule has 2 nitrogen and oxygen atoms in total. The molecule has 0 fully saturated rings. The van der Waals surface area contributed by atoms with Crippen LogP contribution in [0.5, 0.6) is 0 Å². The van der Waals surface area contributed by atoms with E-state index in [1.165, 1.54) is 12.8 Å². The molecule has 0 aliphatic carbocycles.